The number of nitrogens with one attached hydrogen (secondary N) is 2. The Morgan fingerprint density at radius 1 is 0.550 bits per heavy atom. The maximum Gasteiger partial charge on any atom is 0.405 e. The molecule has 22 nitrogen and oxygen atoms in total. The number of carbonyl (C=O) groups is 8. The Bertz CT molecular complexity index is 2470. The number of Topliss-reactive ketones (excluding diaryl/α,β-unsaturated/α-hetero) is 2. The number of amides is 4. The van der Waals surface area contributed by atoms with Crippen molar-refractivity contribution in [2.24, 2.45) is 35.1 Å². The van der Waals surface area contributed by atoms with Gasteiger partial charge in [0.15, 0.2) is 23.7 Å². The zero-order valence-electron chi connectivity index (χ0n) is 48.1. The van der Waals surface area contributed by atoms with Gasteiger partial charge in [0.1, 0.15) is 12.2 Å². The topological polar surface area (TPSA) is 327 Å². The summed E-state index contributed by atoms with van der Waals surface area (Å²) in [5, 5.41) is 27.3. The Balaban J connectivity index is 0.000000420. The molecule has 0 unspecified atom stereocenters. The molecule has 4 bridgehead atoms. The number of hydrogen-bond acceptors (Lipinski definition) is 18. The molecule has 0 spiro atoms. The summed E-state index contributed by atoms with van der Waals surface area (Å²) in [6.45, 7) is 13.8. The summed E-state index contributed by atoms with van der Waals surface area (Å²) >= 11 is 0. The summed E-state index contributed by atoms with van der Waals surface area (Å²) in [6.07, 6.45) is 7.23. The van der Waals surface area contributed by atoms with Crippen molar-refractivity contribution in [2.75, 3.05) is 42.7 Å². The van der Waals surface area contributed by atoms with Crippen molar-refractivity contribution in [2.45, 2.75) is 130 Å². The first kappa shape index (κ1) is 67.2. The lowest BCUT2D eigenvalue weighted by Gasteiger charge is -2.29. The third-order valence-electron chi connectivity index (χ3n) is 13.9. The third-order valence-corrected chi connectivity index (χ3v) is 13.9. The second kappa shape index (κ2) is 31.6. The number of methoxy groups -OCH3 is 6. The van der Waals surface area contributed by atoms with E-state index in [0.717, 1.165) is 12.2 Å². The van der Waals surface area contributed by atoms with Crippen molar-refractivity contribution < 1.29 is 86.5 Å². The van der Waals surface area contributed by atoms with Crippen LogP contribution >= 0.6 is 0 Å². The monoisotopic (exact) mass is 1120 g/mol. The average molecular weight is 1120 g/mol. The predicted molar refractivity (Wildman–Crippen MR) is 293 cm³/mol. The molecule has 2 aliphatic carbocycles. The molecule has 22 heteroatoms. The van der Waals surface area contributed by atoms with Crippen molar-refractivity contribution in [1.82, 2.24) is 10.6 Å². The van der Waals surface area contributed by atoms with Crippen LogP contribution in [0.4, 0.5) is 9.59 Å². The van der Waals surface area contributed by atoms with Gasteiger partial charge in [-0.15, -0.1) is 0 Å². The normalized spacial score (nSPS) is 32.7. The minimum absolute atomic E-state index is 0.0801. The van der Waals surface area contributed by atoms with Gasteiger partial charge in [-0.05, 0) is 76.4 Å². The molecule has 4 rings (SSSR count). The molecule has 0 saturated carbocycles. The van der Waals surface area contributed by atoms with Crippen molar-refractivity contribution >= 4 is 47.1 Å². The molecule has 440 valence electrons. The second-order valence-electron chi connectivity index (χ2n) is 20.2. The molecule has 4 amide bonds. The number of aliphatic hydroxyl groups is 2. The highest BCUT2D eigenvalue weighted by molar-refractivity contribution is 6.24. The summed E-state index contributed by atoms with van der Waals surface area (Å²) in [5.41, 5.74) is 12.2. The molecular weight excluding hydrogens is 1040 g/mol. The van der Waals surface area contributed by atoms with Gasteiger partial charge in [0, 0.05) is 74.7 Å². The molecule has 4 aliphatic rings. The number of rotatable bonds is 8. The zero-order valence-corrected chi connectivity index (χ0v) is 48.1. The molecule has 0 fully saturated rings. The fourth-order valence-electron chi connectivity index (χ4n) is 9.56. The van der Waals surface area contributed by atoms with Crippen LogP contribution in [0.3, 0.4) is 0 Å². The molecule has 2 aliphatic heterocycles. The van der Waals surface area contributed by atoms with Gasteiger partial charge in [0.05, 0.1) is 50.0 Å². The molecule has 80 heavy (non-hydrogen) atoms. The van der Waals surface area contributed by atoms with Gasteiger partial charge < -0.3 is 70.2 Å². The predicted octanol–water partition coefficient (Wildman–Crippen LogP) is 4.82. The Labute approximate surface area is 467 Å². The molecule has 0 aromatic rings. The van der Waals surface area contributed by atoms with Gasteiger partial charge in [0.2, 0.25) is 23.1 Å². The van der Waals surface area contributed by atoms with Crippen molar-refractivity contribution in [3.05, 3.63) is 117 Å². The minimum atomic E-state index is -1.00. The molecule has 0 radical (unpaired) electrons. The number of primary amides is 2. The van der Waals surface area contributed by atoms with Crippen LogP contribution in [0.1, 0.15) is 81.1 Å². The van der Waals surface area contributed by atoms with E-state index in [1.165, 1.54) is 68.7 Å². The van der Waals surface area contributed by atoms with E-state index in [2.05, 4.69) is 10.6 Å². The minimum Gasteiger partial charge on any atom is -0.492 e. The summed E-state index contributed by atoms with van der Waals surface area (Å²) in [5.74, 6) is -4.77. The number of allylic oxidation sites excluding steroid dienone is 8. The molecule has 8 N–H and O–H groups in total. The van der Waals surface area contributed by atoms with Gasteiger partial charge in [-0.3, -0.25) is 28.8 Å². The van der Waals surface area contributed by atoms with E-state index < -0.39 is 108 Å². The SMILES string of the molecule is COC1=C2C[C@@H](C)C[C@H](OC)[C@H](O)[C@@H](C)/C=C(\C)[C@H](OC(N)=O)[C@@H](OC)/C=C\C=C(/C)C(=O)NC(=CC1=O)C2=O.COC1=C2C[C@@H](C)C[C@H](OC)[C@H](O)[C@@H](C)/C=C(\C)[C@H](OC(N)=O)[C@@H](OC)/C=C\C=C(/C)C(=O)NC(=CC1=O)C2=O. The Hall–Kier alpha value is -7.08. The van der Waals surface area contributed by atoms with Crippen LogP contribution in [0.15, 0.2) is 117 Å². The number of nitrogens with two attached hydrogens (primary N) is 2. The smallest absolute Gasteiger partial charge is 0.405 e. The van der Waals surface area contributed by atoms with Crippen LogP contribution in [-0.4, -0.2) is 149 Å². The molecule has 0 aromatic carbocycles. The lowest BCUT2D eigenvalue weighted by atomic mass is 9.85. The first-order valence-electron chi connectivity index (χ1n) is 25.9. The maximum absolute atomic E-state index is 13.3. The number of hydrogen-bond donors (Lipinski definition) is 6. The molecular formula is C58H80N4O18. The molecule has 0 aromatic heterocycles. The number of ether oxygens (including phenoxy) is 8. The standard InChI is InChI=1S/2C29H40N2O9/c2*1-15-11-19-25(34)20(14-21(32)27(19)39-7)31-28(35)16(2)9-8-10-22(37-5)26(40-29(30)36)18(4)13-17(3)24(33)23(12-15)38-6/h2*8-10,13-15,17,22-24,26,33H,11-12H2,1-7H3,(H2,30,36)(H,31,35)/b2*10-8-,16-9+,18-13+/t2*15-,17+,22+,23+,24-,26+/m11/s1. The van der Waals surface area contributed by atoms with E-state index in [0.29, 0.717) is 24.0 Å². The fourth-order valence-corrected chi connectivity index (χ4v) is 9.56. The van der Waals surface area contributed by atoms with Gasteiger partial charge in [-0.2, -0.15) is 0 Å². The quantitative estimate of drug-likeness (QED) is 0.140. The van der Waals surface area contributed by atoms with Crippen molar-refractivity contribution in [3.8, 4) is 0 Å². The lowest BCUT2D eigenvalue weighted by Crippen LogP contribution is -2.37. The summed E-state index contributed by atoms with van der Waals surface area (Å²) in [7, 11) is 8.43. The van der Waals surface area contributed by atoms with Crippen LogP contribution in [0.5, 0.6) is 0 Å². The highest BCUT2D eigenvalue weighted by Crippen LogP contribution is 2.32. The van der Waals surface area contributed by atoms with Crippen LogP contribution in [0.2, 0.25) is 0 Å². The van der Waals surface area contributed by atoms with Crippen LogP contribution in [-0.2, 0) is 66.7 Å². The van der Waals surface area contributed by atoms with Gasteiger partial charge in [-0.25, -0.2) is 9.59 Å². The van der Waals surface area contributed by atoms with Gasteiger partial charge in [-0.1, -0.05) is 76.3 Å². The first-order chi connectivity index (χ1) is 37.7. The Morgan fingerprint density at radius 3 is 1.18 bits per heavy atom. The van der Waals surface area contributed by atoms with E-state index in [1.807, 2.05) is 13.8 Å². The highest BCUT2D eigenvalue weighted by Gasteiger charge is 2.36. The second-order valence-corrected chi connectivity index (χ2v) is 20.2. The van der Waals surface area contributed by atoms with E-state index in [-0.39, 0.29) is 69.9 Å². The van der Waals surface area contributed by atoms with Crippen LogP contribution < -0.4 is 22.1 Å². The Kier molecular flexibility index (Phi) is 26.6. The van der Waals surface area contributed by atoms with E-state index in [1.54, 1.807) is 64.2 Å². The zero-order chi connectivity index (χ0) is 60.3. The Morgan fingerprint density at radius 2 is 0.887 bits per heavy atom. The number of fused-ring (bicyclic) bond motifs is 4. The summed E-state index contributed by atoms with van der Waals surface area (Å²) < 4.78 is 43.5. The lowest BCUT2D eigenvalue weighted by molar-refractivity contribution is -0.121. The average Bonchev–Trinajstić information content (AvgIpc) is 3.40. The van der Waals surface area contributed by atoms with E-state index in [4.69, 9.17) is 49.4 Å². The van der Waals surface area contributed by atoms with Crippen LogP contribution in [0, 0.1) is 23.7 Å². The fraction of sp³-hybridized carbons (Fsp3) is 0.517. The number of ketones is 4. The summed E-state index contributed by atoms with van der Waals surface area (Å²) in [4.78, 5) is 101. The number of carbonyl (C=O) groups excluding carboxylic acids is 8. The van der Waals surface area contributed by atoms with Crippen molar-refractivity contribution in [1.29, 1.82) is 0 Å². The van der Waals surface area contributed by atoms with Gasteiger partial charge in [0.25, 0.3) is 11.8 Å². The maximum atomic E-state index is 13.3. The highest BCUT2D eigenvalue weighted by atomic mass is 16.6. The molecule has 12 atom stereocenters. The molecule has 0 saturated heterocycles. The number of aliphatic hydroxyl groups excluding tert-OH is 2. The van der Waals surface area contributed by atoms with Crippen LogP contribution in [0.25, 0.3) is 0 Å². The summed E-state index contributed by atoms with van der Waals surface area (Å²) in [6, 6.07) is 0. The largest absolute Gasteiger partial charge is 0.492 e. The molecule has 2 heterocycles. The first-order valence-corrected chi connectivity index (χ1v) is 25.9. The van der Waals surface area contributed by atoms with E-state index in [9.17, 15) is 48.6 Å². The van der Waals surface area contributed by atoms with Crippen molar-refractivity contribution in [3.63, 3.8) is 0 Å². The van der Waals surface area contributed by atoms with E-state index >= 15 is 0 Å². The van der Waals surface area contributed by atoms with Gasteiger partial charge >= 0.3 is 12.2 Å². The third kappa shape index (κ3) is 18.5.